The van der Waals surface area contributed by atoms with E-state index in [9.17, 15) is 4.79 Å². The van der Waals surface area contributed by atoms with Gasteiger partial charge in [-0.25, -0.2) is 0 Å². The van der Waals surface area contributed by atoms with Crippen LogP contribution in [0.4, 0.5) is 11.6 Å². The first kappa shape index (κ1) is 26.8. The third kappa shape index (κ3) is 3.69. The van der Waals surface area contributed by atoms with Gasteiger partial charge >= 0.3 is 255 Å². The first-order valence-electron chi connectivity index (χ1n) is 14.0. The van der Waals surface area contributed by atoms with Crippen LogP contribution in [0.5, 0.6) is 0 Å². The van der Waals surface area contributed by atoms with Gasteiger partial charge < -0.3 is 0 Å². The Hall–Kier alpha value is -4.55. The largest absolute Gasteiger partial charge is 0 e. The van der Waals surface area contributed by atoms with Crippen molar-refractivity contribution in [3.63, 3.8) is 0 Å². The van der Waals surface area contributed by atoms with Gasteiger partial charge in [-0.2, -0.15) is 0 Å². The maximum atomic E-state index is 12.3. The fraction of sp³-hybridized carbons (Fsp3) is 0. The summed E-state index contributed by atoms with van der Waals surface area (Å²) in [4.78, 5) is 43.0. The van der Waals surface area contributed by atoms with Crippen LogP contribution < -0.4 is 11.0 Å². The number of aromatic nitrogens is 2. The summed E-state index contributed by atoms with van der Waals surface area (Å²) in [6.07, 6.45) is 0. The number of carbonyl (C=O) groups excluding carboxylic acids is 1. The average molecular weight is 715 g/mol. The summed E-state index contributed by atoms with van der Waals surface area (Å²) in [5, 5.41) is 3.42. The molecule has 0 N–H and O–H groups in total. The molecule has 6 aromatic rings. The normalized spacial score (nSPS) is 15.0. The minimum Gasteiger partial charge on any atom is 0 e. The number of fused-ring (bicyclic) bond motifs is 14. The van der Waals surface area contributed by atoms with Crippen molar-refractivity contribution in [3.05, 3.63) is 130 Å². The van der Waals surface area contributed by atoms with Crippen LogP contribution in [0.1, 0.15) is 22.3 Å². The van der Waals surface area contributed by atoms with Crippen molar-refractivity contribution in [2.45, 2.75) is 0 Å². The van der Waals surface area contributed by atoms with E-state index in [1.165, 1.54) is 0 Å². The third-order valence-electron chi connectivity index (χ3n) is 8.41. The van der Waals surface area contributed by atoms with Crippen molar-refractivity contribution in [1.82, 2.24) is 6.55 Å². The molecule has 4 aromatic carbocycles. The molecule has 2 aromatic heterocycles. The van der Waals surface area contributed by atoms with Gasteiger partial charge in [-0.3, -0.25) is 0 Å². The van der Waals surface area contributed by atoms with E-state index in [-0.39, 0.29) is 32.7 Å². The van der Waals surface area contributed by atoms with E-state index in [2.05, 4.69) is 0 Å². The van der Waals surface area contributed by atoms with Gasteiger partial charge in [-0.1, -0.05) is 0 Å². The molecule has 0 saturated heterocycles. The Labute approximate surface area is 285 Å². The van der Waals surface area contributed by atoms with Crippen LogP contribution in [0, 0.1) is 0 Å². The molecule has 0 fully saturated rings. The standard InChI is InChI=1S/C32H16N8.CO2.Ga.Y/c1-2-10-18-17(9-1)25-33-26(18)38-28-21-13-5-6-14-22(21)30(35-28)40-32-24-16-8-7-15-23(24)31(36-32)39-29-20-12-4-3-11-19(20)27(34-29)37-25;2-1-3;;/h1-16H;;;/q2*-2;+3;. The molecule has 45 heavy (non-hydrogen) atoms. The molecular formula is C33H16GaN8O2Y-. The third-order valence-corrected chi connectivity index (χ3v) is 13.0. The molecule has 0 unspecified atom stereocenters. The number of hydrogen-bond acceptors (Lipinski definition) is 8. The van der Waals surface area contributed by atoms with Gasteiger partial charge in [0, 0.05) is 32.7 Å². The van der Waals surface area contributed by atoms with Crippen molar-refractivity contribution < 1.29 is 41.0 Å². The Morgan fingerprint density at radius 2 is 0.867 bits per heavy atom. The minimum absolute atomic E-state index is 0. The molecular weight excluding hydrogens is 699 g/mol. The van der Waals surface area contributed by atoms with Crippen LogP contribution in [0.2, 0.25) is 0 Å². The second-order valence-electron chi connectivity index (χ2n) is 10.7. The fourth-order valence-electron chi connectivity index (χ4n) is 6.53. The van der Waals surface area contributed by atoms with E-state index in [0.717, 1.165) is 43.8 Å². The van der Waals surface area contributed by atoms with Gasteiger partial charge in [0.1, 0.15) is 0 Å². The molecule has 4 aliphatic rings. The summed E-state index contributed by atoms with van der Waals surface area (Å²) in [5.74, 6) is 3.34. The second kappa shape index (κ2) is 9.98. The molecule has 12 heteroatoms. The average Bonchev–Trinajstić information content (AvgIpc) is 3.77. The summed E-state index contributed by atoms with van der Waals surface area (Å²) < 4.78 is 10.1. The molecule has 10 rings (SSSR count). The Kier molecular flexibility index (Phi) is 5.95. The van der Waals surface area contributed by atoms with Crippen molar-refractivity contribution in [2.75, 3.05) is 0 Å². The topological polar surface area (TPSA) is 110 Å². The van der Waals surface area contributed by atoms with Gasteiger partial charge in [-0.05, 0) is 0 Å². The second-order valence-corrected chi connectivity index (χ2v) is 14.7. The zero-order chi connectivity index (χ0) is 28.9. The van der Waals surface area contributed by atoms with Crippen LogP contribution in [-0.4, -0.2) is 53.4 Å². The summed E-state index contributed by atoms with van der Waals surface area (Å²) in [6, 6.07) is 31.8. The quantitative estimate of drug-likeness (QED) is 0.200. The molecule has 0 amide bonds. The van der Waals surface area contributed by atoms with Crippen molar-refractivity contribution in [2.24, 2.45) is 30.0 Å². The Balaban J connectivity index is 0.00000281. The zero-order valence-corrected chi connectivity index (χ0v) is 28.5. The Morgan fingerprint density at radius 3 is 1.29 bits per heavy atom. The van der Waals surface area contributed by atoms with Crippen LogP contribution >= 0.6 is 0 Å². The maximum Gasteiger partial charge on any atom is 0 e. The van der Waals surface area contributed by atoms with Crippen molar-refractivity contribution in [1.29, 1.82) is 0 Å². The van der Waals surface area contributed by atoms with E-state index in [4.69, 9.17) is 33.5 Å². The summed E-state index contributed by atoms with van der Waals surface area (Å²) >= 11 is -3.84. The Morgan fingerprint density at radius 1 is 0.489 bits per heavy atom. The van der Waals surface area contributed by atoms with Crippen molar-refractivity contribution >= 4 is 80.1 Å². The first-order valence-corrected chi connectivity index (χ1v) is 17.2. The van der Waals surface area contributed by atoms with E-state index in [0.29, 0.717) is 46.0 Å². The van der Waals surface area contributed by atoms with Crippen LogP contribution in [0.15, 0.2) is 127 Å². The van der Waals surface area contributed by atoms with E-state index in [1.54, 1.807) is 6.47 Å². The van der Waals surface area contributed by atoms with Crippen LogP contribution in [0.25, 0.3) is 21.5 Å². The van der Waals surface area contributed by atoms with Crippen LogP contribution in [-0.2, 0) is 41.0 Å². The smallest absolute Gasteiger partial charge is 0 e. The van der Waals surface area contributed by atoms with Gasteiger partial charge in [0.25, 0.3) is 0 Å². The summed E-state index contributed by atoms with van der Waals surface area (Å²) in [6.45, 7) is 1.79. The van der Waals surface area contributed by atoms with Crippen LogP contribution in [0.3, 0.4) is 0 Å². The predicted octanol–water partition coefficient (Wildman–Crippen LogP) is 4.00. The van der Waals surface area contributed by atoms with Crippen molar-refractivity contribution in [3.8, 4) is 0 Å². The number of nitrogens with zero attached hydrogens (tertiary/aromatic N) is 8. The first-order chi connectivity index (χ1) is 21.8. The minimum atomic E-state index is -3.84. The molecule has 207 valence electrons. The number of benzene rings is 4. The summed E-state index contributed by atoms with van der Waals surface area (Å²) in [7, 11) is 0. The SMILES string of the molecule is O=[C-][O][Ga]1[n]2c3c4ccccc4c2N=C2N=C(N=c4c5ccccc5c([n]41)=NC1=NC(=N3)c3ccccc31)c1ccccc12.[Y]. The van der Waals surface area contributed by atoms with Gasteiger partial charge in [0.2, 0.25) is 0 Å². The number of amidine groups is 4. The molecule has 0 spiro atoms. The molecule has 10 nitrogen and oxygen atoms in total. The summed E-state index contributed by atoms with van der Waals surface area (Å²) in [5.41, 5.74) is 4.70. The van der Waals surface area contributed by atoms with E-state index >= 15 is 0 Å². The fourth-order valence-corrected chi connectivity index (χ4v) is 11.0. The molecule has 6 heterocycles. The molecule has 1 radical (unpaired) electrons. The van der Waals surface area contributed by atoms with E-state index < -0.39 is 17.1 Å². The zero-order valence-electron chi connectivity index (χ0n) is 23.3. The maximum absolute atomic E-state index is 12.3. The van der Waals surface area contributed by atoms with Gasteiger partial charge in [0.05, 0.1) is 0 Å². The monoisotopic (exact) mass is 714 g/mol. The molecule has 6 bridgehead atoms. The number of aliphatic imine (C=N–C) groups is 4. The Bertz CT molecular complexity index is 2410. The van der Waals surface area contributed by atoms with E-state index in [1.807, 2.05) is 104 Å². The van der Waals surface area contributed by atoms with Gasteiger partial charge in [0.15, 0.2) is 0 Å². The molecule has 0 saturated carbocycles. The number of rotatable bonds is 2. The number of hydrogen-bond donors (Lipinski definition) is 0. The van der Waals surface area contributed by atoms with Gasteiger partial charge in [-0.15, -0.1) is 0 Å². The molecule has 0 aliphatic carbocycles. The molecule has 4 aliphatic heterocycles. The molecule has 0 atom stereocenters. The predicted molar refractivity (Wildman–Crippen MR) is 168 cm³/mol.